The maximum atomic E-state index is 11.8. The van der Waals surface area contributed by atoms with Crippen LogP contribution in [0.3, 0.4) is 0 Å². The number of rotatable bonds is 7. The van der Waals surface area contributed by atoms with Gasteiger partial charge in [-0.05, 0) is 25.2 Å². The van der Waals surface area contributed by atoms with E-state index in [-0.39, 0.29) is 5.75 Å². The summed E-state index contributed by atoms with van der Waals surface area (Å²) in [6.07, 6.45) is 7.13. The van der Waals surface area contributed by atoms with Crippen LogP contribution in [-0.2, 0) is 9.84 Å². The molecule has 0 saturated carbocycles. The molecule has 100 valence electrons. The van der Waals surface area contributed by atoms with Crippen molar-refractivity contribution in [2.45, 2.75) is 27.2 Å². The standard InChI is InChI=1S/C10H17O2PS2.C2H6/c1-3-5-7-10(4-2)15(11,12)9-6-8-14-13;1-2/h3-5,7H,2,6,8-9,13H2,1H3;1-2H3/b5-3-,10-7+;. The molecule has 0 aliphatic carbocycles. The fraction of sp³-hybridized carbons (Fsp3) is 0.500. The lowest BCUT2D eigenvalue weighted by Gasteiger charge is -2.03. The average molecular weight is 294 g/mol. The highest BCUT2D eigenvalue weighted by Crippen LogP contribution is 2.15. The van der Waals surface area contributed by atoms with Gasteiger partial charge in [0.1, 0.15) is 0 Å². The topological polar surface area (TPSA) is 34.1 Å². The molecule has 0 rings (SSSR count). The molecule has 0 bridgehead atoms. The Balaban J connectivity index is 0. The minimum Gasteiger partial charge on any atom is -0.224 e. The van der Waals surface area contributed by atoms with Gasteiger partial charge in [0, 0.05) is 0 Å². The van der Waals surface area contributed by atoms with Crippen molar-refractivity contribution in [1.82, 2.24) is 0 Å². The van der Waals surface area contributed by atoms with Gasteiger partial charge < -0.3 is 0 Å². The van der Waals surface area contributed by atoms with Crippen molar-refractivity contribution in [3.05, 3.63) is 35.8 Å². The van der Waals surface area contributed by atoms with Gasteiger partial charge in [-0.1, -0.05) is 47.1 Å². The molecule has 0 heterocycles. The van der Waals surface area contributed by atoms with E-state index in [1.807, 2.05) is 20.8 Å². The molecule has 5 heteroatoms. The molecule has 0 N–H and O–H groups in total. The van der Waals surface area contributed by atoms with Gasteiger partial charge in [-0.2, -0.15) is 0 Å². The van der Waals surface area contributed by atoms with Crippen LogP contribution < -0.4 is 0 Å². The third-order valence-electron chi connectivity index (χ3n) is 1.69. The monoisotopic (exact) mass is 294 g/mol. The third kappa shape index (κ3) is 9.63. The molecule has 0 amide bonds. The second kappa shape index (κ2) is 12.4. The van der Waals surface area contributed by atoms with Crippen molar-refractivity contribution in [1.29, 1.82) is 0 Å². The average Bonchev–Trinajstić information content (AvgIpc) is 2.32. The smallest absolute Gasteiger partial charge is 0.178 e. The highest BCUT2D eigenvalue weighted by molar-refractivity contribution is 8.43. The Morgan fingerprint density at radius 1 is 1.41 bits per heavy atom. The van der Waals surface area contributed by atoms with Crippen LogP contribution in [0.5, 0.6) is 0 Å². The molecule has 0 radical (unpaired) electrons. The molecule has 17 heavy (non-hydrogen) atoms. The van der Waals surface area contributed by atoms with Crippen molar-refractivity contribution in [3.8, 4) is 0 Å². The highest BCUT2D eigenvalue weighted by Gasteiger charge is 2.13. The van der Waals surface area contributed by atoms with Gasteiger partial charge in [0.15, 0.2) is 9.84 Å². The Hall–Kier alpha value is -0.0500. The Morgan fingerprint density at radius 3 is 2.41 bits per heavy atom. The molecule has 0 aliphatic heterocycles. The van der Waals surface area contributed by atoms with E-state index in [4.69, 9.17) is 0 Å². The lowest BCUT2D eigenvalue weighted by molar-refractivity contribution is 0.602. The molecule has 0 aromatic rings. The summed E-state index contributed by atoms with van der Waals surface area (Å²) in [6, 6.07) is 0. The number of hydrogen-bond acceptors (Lipinski definition) is 3. The second-order valence-corrected chi connectivity index (χ2v) is 6.69. The van der Waals surface area contributed by atoms with Crippen LogP contribution in [0, 0.1) is 0 Å². The van der Waals surface area contributed by atoms with E-state index in [1.54, 1.807) is 29.6 Å². The van der Waals surface area contributed by atoms with Crippen molar-refractivity contribution in [2.24, 2.45) is 0 Å². The van der Waals surface area contributed by atoms with E-state index in [0.717, 1.165) is 5.75 Å². The van der Waals surface area contributed by atoms with Crippen molar-refractivity contribution in [3.63, 3.8) is 0 Å². The third-order valence-corrected chi connectivity index (χ3v) is 4.77. The fourth-order valence-corrected chi connectivity index (χ4v) is 3.23. The highest BCUT2D eigenvalue weighted by atomic mass is 32.7. The predicted molar refractivity (Wildman–Crippen MR) is 85.0 cm³/mol. The first-order valence-corrected chi connectivity index (χ1v) is 9.70. The fourth-order valence-electron chi connectivity index (χ4n) is 0.940. The molecular weight excluding hydrogens is 271 g/mol. The van der Waals surface area contributed by atoms with E-state index >= 15 is 0 Å². The zero-order valence-corrected chi connectivity index (χ0v) is 13.6. The SMILES string of the molecule is C=C/C(=C\C=C/C)S(=O)(=O)CCCSP.CC. The van der Waals surface area contributed by atoms with Crippen LogP contribution in [0.2, 0.25) is 0 Å². The lowest BCUT2D eigenvalue weighted by Crippen LogP contribution is -2.08. The van der Waals surface area contributed by atoms with Gasteiger partial charge in [0.2, 0.25) is 0 Å². The summed E-state index contributed by atoms with van der Waals surface area (Å²) < 4.78 is 23.5. The first-order valence-electron chi connectivity index (χ1n) is 5.58. The first kappa shape index (κ1) is 19.3. The van der Waals surface area contributed by atoms with Crippen molar-refractivity contribution >= 4 is 29.7 Å². The Kier molecular flexibility index (Phi) is 14.1. The predicted octanol–water partition coefficient (Wildman–Crippen LogP) is 3.99. The van der Waals surface area contributed by atoms with Crippen LogP contribution in [-0.4, -0.2) is 19.9 Å². The van der Waals surface area contributed by atoms with Crippen LogP contribution in [0.1, 0.15) is 27.2 Å². The maximum Gasteiger partial charge on any atom is 0.178 e. The molecule has 0 saturated heterocycles. The summed E-state index contributed by atoms with van der Waals surface area (Å²) in [7, 11) is -0.636. The first-order chi connectivity index (χ1) is 8.08. The van der Waals surface area contributed by atoms with Crippen LogP contribution >= 0.6 is 19.8 Å². The Bertz CT molecular complexity index is 344. The molecule has 1 unspecified atom stereocenters. The zero-order valence-electron chi connectivity index (χ0n) is 10.8. The van der Waals surface area contributed by atoms with Crippen LogP contribution in [0.25, 0.3) is 0 Å². The summed E-state index contributed by atoms with van der Waals surface area (Å²) >= 11 is 1.57. The normalized spacial score (nSPS) is 12.1. The number of allylic oxidation sites excluding steroid dienone is 4. The molecule has 2 nitrogen and oxygen atoms in total. The number of hydrogen-bond donors (Lipinski definition) is 0. The molecule has 0 fully saturated rings. The van der Waals surface area contributed by atoms with Gasteiger partial charge >= 0.3 is 0 Å². The van der Waals surface area contributed by atoms with E-state index in [2.05, 4.69) is 15.0 Å². The largest absolute Gasteiger partial charge is 0.224 e. The summed E-state index contributed by atoms with van der Waals surface area (Å²) in [5, 5.41) is 0. The minimum absolute atomic E-state index is 0.184. The minimum atomic E-state index is -3.15. The summed E-state index contributed by atoms with van der Waals surface area (Å²) in [6.45, 7) is 9.36. The lowest BCUT2D eigenvalue weighted by atomic mass is 10.4. The van der Waals surface area contributed by atoms with E-state index in [1.165, 1.54) is 6.08 Å². The van der Waals surface area contributed by atoms with Gasteiger partial charge in [0.25, 0.3) is 0 Å². The summed E-state index contributed by atoms with van der Waals surface area (Å²) in [5.41, 5.74) is 0. The second-order valence-electron chi connectivity index (χ2n) is 2.84. The zero-order chi connectivity index (χ0) is 13.7. The molecule has 0 spiro atoms. The summed E-state index contributed by atoms with van der Waals surface area (Å²) in [5.74, 6) is 1.02. The summed E-state index contributed by atoms with van der Waals surface area (Å²) in [4.78, 5) is 0.300. The maximum absolute atomic E-state index is 11.8. The number of sulfone groups is 1. The van der Waals surface area contributed by atoms with E-state index < -0.39 is 9.84 Å². The van der Waals surface area contributed by atoms with Crippen molar-refractivity contribution in [2.75, 3.05) is 11.5 Å². The Morgan fingerprint density at radius 2 is 2.00 bits per heavy atom. The van der Waals surface area contributed by atoms with Crippen LogP contribution in [0.15, 0.2) is 35.8 Å². The van der Waals surface area contributed by atoms with E-state index in [9.17, 15) is 8.42 Å². The molecular formula is C12H23O2PS2. The van der Waals surface area contributed by atoms with Gasteiger partial charge in [0.05, 0.1) is 10.7 Å². The molecule has 0 aliphatic rings. The molecule has 0 aromatic heterocycles. The van der Waals surface area contributed by atoms with Crippen molar-refractivity contribution < 1.29 is 8.42 Å². The van der Waals surface area contributed by atoms with Gasteiger partial charge in [-0.3, -0.25) is 0 Å². The molecule has 0 aromatic carbocycles. The Labute approximate surface area is 113 Å². The van der Waals surface area contributed by atoms with Gasteiger partial charge in [-0.25, -0.2) is 8.42 Å². The van der Waals surface area contributed by atoms with E-state index in [0.29, 0.717) is 11.3 Å². The molecule has 1 atom stereocenters. The van der Waals surface area contributed by atoms with Crippen LogP contribution in [0.4, 0.5) is 0 Å². The van der Waals surface area contributed by atoms with Gasteiger partial charge in [-0.15, -0.1) is 11.4 Å². The quantitative estimate of drug-likeness (QED) is 0.404.